The molecule has 61 heavy (non-hydrogen) atoms. The highest BCUT2D eigenvalue weighted by Crippen LogP contribution is 2.21. The second-order valence-electron chi connectivity index (χ2n) is 14.8. The van der Waals surface area contributed by atoms with Crippen molar-refractivity contribution in [1.29, 1.82) is 5.41 Å². The molecule has 0 saturated carbocycles. The van der Waals surface area contributed by atoms with Gasteiger partial charge in [0.2, 0.25) is 12.2 Å². The molecule has 3 aromatic rings. The first-order chi connectivity index (χ1) is 28.8. The summed E-state index contributed by atoms with van der Waals surface area (Å²) in [5.74, 6) is -1.24. The molecule has 0 aliphatic rings. The van der Waals surface area contributed by atoms with Gasteiger partial charge in [0.15, 0.2) is 0 Å². The quantitative estimate of drug-likeness (QED) is 0.0158. The van der Waals surface area contributed by atoms with E-state index in [9.17, 15) is 19.1 Å². The van der Waals surface area contributed by atoms with E-state index in [1.165, 1.54) is 56.0 Å². The number of aryl methyl sites for hydroxylation is 1. The van der Waals surface area contributed by atoms with Crippen LogP contribution in [0.2, 0.25) is 0 Å². The van der Waals surface area contributed by atoms with Crippen molar-refractivity contribution >= 4 is 40.7 Å². The molecule has 10 heteroatoms. The van der Waals surface area contributed by atoms with Crippen molar-refractivity contribution in [3.8, 4) is 0 Å². The van der Waals surface area contributed by atoms with Gasteiger partial charge in [-0.05, 0) is 99.6 Å². The van der Waals surface area contributed by atoms with Crippen LogP contribution in [0.4, 0.5) is 10.1 Å². The number of halogens is 1. The molecule has 0 bridgehead atoms. The molecule has 0 aliphatic carbocycles. The van der Waals surface area contributed by atoms with E-state index >= 15 is 0 Å². The van der Waals surface area contributed by atoms with Crippen LogP contribution in [0.25, 0.3) is 17.5 Å². The zero-order valence-electron chi connectivity index (χ0n) is 38.8. The van der Waals surface area contributed by atoms with Gasteiger partial charge in [-0.3, -0.25) is 9.59 Å². The summed E-state index contributed by atoms with van der Waals surface area (Å²) < 4.78 is 17.1. The number of rotatable bonds is 16. The number of unbranched alkanes of at least 4 members (excludes halogenated alkanes) is 2. The van der Waals surface area contributed by atoms with Crippen LogP contribution < -0.4 is 22.5 Å². The molecule has 0 fully saturated rings. The lowest BCUT2D eigenvalue weighted by Crippen LogP contribution is -2.29. The lowest BCUT2D eigenvalue weighted by Gasteiger charge is -2.20. The van der Waals surface area contributed by atoms with Crippen molar-refractivity contribution in [2.45, 2.75) is 121 Å². The average molecular weight is 842 g/mol. The zero-order valence-corrected chi connectivity index (χ0v) is 38.8. The van der Waals surface area contributed by atoms with E-state index in [0.717, 1.165) is 24.1 Å². The molecule has 0 radical (unpaired) electrons. The van der Waals surface area contributed by atoms with E-state index in [1.807, 2.05) is 20.8 Å². The highest BCUT2D eigenvalue weighted by molar-refractivity contribution is 5.99. The lowest BCUT2D eigenvalue weighted by atomic mass is 9.97. The highest BCUT2D eigenvalue weighted by Gasteiger charge is 2.26. The number of carbonyl (C=O) groups excluding carboxylic acids is 2. The molecule has 9 nitrogen and oxygen atoms in total. The smallest absolute Gasteiger partial charge is 0.313 e. The number of nitrogens with two attached hydrogens (primary N) is 3. The number of primary amides is 1. The number of hydrogen-bond donors (Lipinski definition) is 6. The van der Waals surface area contributed by atoms with Crippen molar-refractivity contribution in [2.75, 3.05) is 11.9 Å². The Bertz CT molecular complexity index is 1830. The van der Waals surface area contributed by atoms with Crippen LogP contribution in [-0.2, 0) is 14.3 Å². The van der Waals surface area contributed by atoms with Crippen LogP contribution in [0.3, 0.4) is 0 Å². The molecular formula is C51H76FN5O4. The Morgan fingerprint density at radius 2 is 1.33 bits per heavy atom. The molecular weight excluding hydrogens is 766 g/mol. The lowest BCUT2D eigenvalue weighted by molar-refractivity contribution is -0.176. The molecule has 9 N–H and O–H groups in total. The van der Waals surface area contributed by atoms with Crippen molar-refractivity contribution in [1.82, 2.24) is 0 Å². The number of benzene rings is 3. The van der Waals surface area contributed by atoms with Crippen LogP contribution in [0, 0.1) is 17.7 Å². The van der Waals surface area contributed by atoms with Crippen LogP contribution >= 0.6 is 0 Å². The standard InChI is InChI=1S/C25H30N4O4.C11H17N.C9H13F.C4H10.C2H6/c1-25(2,3)24(32)33-21(31)14-19(26)16-9-11-18(12-10-16)23(29)22(28)17-7-4-15(5-8-17)6-13-20(27)30;1-3-4-9-12-11-7-5-10(2)6-8-11;1-4-9(5-2)7-6-8(3)10;1-3-4-2;1-2/h4-13,21,26,31H,14,28-29H2,1-3H3,(H2,27,30);5-8,12H,3-4,9H2,1-2H3;4,6-7H,1,5H2,2-3H3;3-4H2,1-2H3;1-2H3/b13-6+,23-22-,26-19?;;8-6+,9-7+;;. The van der Waals surface area contributed by atoms with Crippen molar-refractivity contribution in [3.63, 3.8) is 0 Å². The summed E-state index contributed by atoms with van der Waals surface area (Å²) >= 11 is 0. The van der Waals surface area contributed by atoms with Gasteiger partial charge in [0.05, 0.1) is 29.1 Å². The maximum Gasteiger partial charge on any atom is 0.313 e. The third-order valence-electron chi connectivity index (χ3n) is 8.34. The first-order valence-electron chi connectivity index (χ1n) is 21.2. The first-order valence-corrected chi connectivity index (χ1v) is 21.2. The van der Waals surface area contributed by atoms with E-state index < -0.39 is 23.6 Å². The number of hydrogen-bond acceptors (Lipinski definition) is 8. The van der Waals surface area contributed by atoms with Crippen molar-refractivity contribution in [2.24, 2.45) is 22.6 Å². The first kappa shape index (κ1) is 57.4. The van der Waals surface area contributed by atoms with E-state index in [4.69, 9.17) is 27.3 Å². The number of allylic oxidation sites excluding steroid dienone is 5. The molecule has 336 valence electrons. The Morgan fingerprint density at radius 3 is 1.74 bits per heavy atom. The summed E-state index contributed by atoms with van der Waals surface area (Å²) in [6.45, 7) is 25.8. The number of aliphatic hydroxyl groups excluding tert-OH is 1. The van der Waals surface area contributed by atoms with Crippen LogP contribution in [0.5, 0.6) is 0 Å². The fourth-order valence-corrected chi connectivity index (χ4v) is 4.38. The highest BCUT2D eigenvalue weighted by atomic mass is 19.1. The summed E-state index contributed by atoms with van der Waals surface area (Å²) in [7, 11) is 0. The number of carbonyl (C=O) groups is 2. The fourth-order valence-electron chi connectivity index (χ4n) is 4.38. The Kier molecular flexibility index (Phi) is 31.1. The summed E-state index contributed by atoms with van der Waals surface area (Å²) in [6, 6.07) is 22.5. The average Bonchev–Trinajstić information content (AvgIpc) is 3.24. The molecule has 0 aromatic heterocycles. The predicted molar refractivity (Wildman–Crippen MR) is 259 cm³/mol. The van der Waals surface area contributed by atoms with Gasteiger partial charge in [-0.25, -0.2) is 4.39 Å². The Balaban J connectivity index is 0. The number of anilines is 1. The van der Waals surface area contributed by atoms with Gasteiger partial charge in [0, 0.05) is 24.0 Å². The maximum absolute atomic E-state index is 12.1. The molecule has 3 rings (SSSR count). The third kappa shape index (κ3) is 26.9. The predicted octanol–water partition coefficient (Wildman–Crippen LogP) is 12.0. The van der Waals surface area contributed by atoms with Crippen molar-refractivity contribution < 1.29 is 23.8 Å². The molecule has 0 aliphatic heterocycles. The molecule has 1 amide bonds. The topological polar surface area (TPSA) is 178 Å². The van der Waals surface area contributed by atoms with Gasteiger partial charge >= 0.3 is 5.97 Å². The number of ether oxygens (including phenoxy) is 1. The molecule has 0 spiro atoms. The Hall–Kier alpha value is -5.74. The van der Waals surface area contributed by atoms with Gasteiger partial charge in [0.1, 0.15) is 0 Å². The number of aliphatic hydroxyl groups is 1. The number of nitrogens with one attached hydrogen (secondary N) is 2. The number of amides is 1. The maximum atomic E-state index is 12.1. The van der Waals surface area contributed by atoms with Crippen molar-refractivity contribution in [3.05, 3.63) is 143 Å². The molecule has 1 atom stereocenters. The molecule has 3 aromatic carbocycles. The minimum absolute atomic E-state index is 0.117. The Labute approximate surface area is 367 Å². The normalized spacial score (nSPS) is 12.0. The van der Waals surface area contributed by atoms with Crippen LogP contribution in [0.1, 0.15) is 136 Å². The Morgan fingerprint density at radius 1 is 0.836 bits per heavy atom. The summed E-state index contributed by atoms with van der Waals surface area (Å²) in [6.07, 6.45) is 12.3. The molecule has 0 saturated heterocycles. The number of esters is 1. The largest absolute Gasteiger partial charge is 0.435 e. The van der Waals surface area contributed by atoms with Gasteiger partial charge in [-0.1, -0.05) is 146 Å². The van der Waals surface area contributed by atoms with Gasteiger partial charge in [-0.15, -0.1) is 0 Å². The molecule has 0 heterocycles. The second kappa shape index (κ2) is 33.0. The van der Waals surface area contributed by atoms with E-state index in [1.54, 1.807) is 87.5 Å². The third-order valence-corrected chi connectivity index (χ3v) is 8.34. The second-order valence-corrected chi connectivity index (χ2v) is 14.8. The zero-order chi connectivity index (χ0) is 47.0. The summed E-state index contributed by atoms with van der Waals surface area (Å²) in [5, 5.41) is 21.5. The van der Waals surface area contributed by atoms with Gasteiger partial charge in [0.25, 0.3) is 0 Å². The van der Waals surface area contributed by atoms with Gasteiger partial charge in [-0.2, -0.15) is 0 Å². The summed E-state index contributed by atoms with van der Waals surface area (Å²) in [5.41, 5.74) is 24.0. The fraction of sp³-hybridized carbons (Fsp3) is 0.392. The molecule has 1 unspecified atom stereocenters. The van der Waals surface area contributed by atoms with Crippen LogP contribution in [0.15, 0.2) is 115 Å². The SMILES string of the molecule is C=C/C(=C\C=C(/C)F)CC.CC.CC(C)(C)C(=O)OC(O)CC(=N)c1ccc(/C(N)=C(/N)c2ccc(/C=C/C(N)=O)cc2)cc1.CCCC.CCCCNc1ccc(C)cc1. The monoisotopic (exact) mass is 842 g/mol. The van der Waals surface area contributed by atoms with E-state index in [2.05, 4.69) is 63.9 Å². The van der Waals surface area contributed by atoms with E-state index in [0.29, 0.717) is 28.1 Å². The minimum atomic E-state index is -1.40. The minimum Gasteiger partial charge on any atom is -0.435 e. The van der Waals surface area contributed by atoms with E-state index in [-0.39, 0.29) is 18.0 Å². The summed E-state index contributed by atoms with van der Waals surface area (Å²) in [4.78, 5) is 22.7. The van der Waals surface area contributed by atoms with Crippen LogP contribution in [-0.4, -0.2) is 35.5 Å². The van der Waals surface area contributed by atoms with Gasteiger partial charge < -0.3 is 37.8 Å².